The van der Waals surface area contributed by atoms with Crippen molar-refractivity contribution >= 4 is 34.2 Å². The molecule has 5 aromatic rings. The highest BCUT2D eigenvalue weighted by atomic mass is 32.1. The summed E-state index contributed by atoms with van der Waals surface area (Å²) < 4.78 is 7.41. The molecule has 3 heterocycles. The molecule has 148 valence electrons. The summed E-state index contributed by atoms with van der Waals surface area (Å²) in [6.45, 7) is 2.09. The van der Waals surface area contributed by atoms with Gasteiger partial charge in [-0.05, 0) is 36.8 Å². The summed E-state index contributed by atoms with van der Waals surface area (Å²) in [5.41, 5.74) is 3.24. The minimum Gasteiger partial charge on any atom is -0.462 e. The molecule has 6 nitrogen and oxygen atoms in total. The first kappa shape index (κ1) is 18.3. The van der Waals surface area contributed by atoms with Gasteiger partial charge in [-0.3, -0.25) is 10.1 Å². The SMILES string of the molecule is CC(c1ccccc1)n1c(NC(=O)c2csc(-c3ccco3)n2)nc2ccccc21. The summed E-state index contributed by atoms with van der Waals surface area (Å²) >= 11 is 1.37. The summed E-state index contributed by atoms with van der Waals surface area (Å²) in [4.78, 5) is 22.0. The Morgan fingerprint density at radius 2 is 1.83 bits per heavy atom. The van der Waals surface area contributed by atoms with E-state index in [4.69, 9.17) is 4.42 Å². The van der Waals surface area contributed by atoms with Crippen molar-refractivity contribution in [3.8, 4) is 10.8 Å². The Morgan fingerprint density at radius 1 is 1.03 bits per heavy atom. The van der Waals surface area contributed by atoms with Gasteiger partial charge < -0.3 is 8.98 Å². The van der Waals surface area contributed by atoms with E-state index in [0.717, 1.165) is 16.6 Å². The number of imidazole rings is 1. The fourth-order valence-electron chi connectivity index (χ4n) is 3.46. The molecule has 1 amide bonds. The lowest BCUT2D eigenvalue weighted by atomic mass is 10.1. The number of furan rings is 1. The molecule has 2 aromatic carbocycles. The Balaban J connectivity index is 1.51. The van der Waals surface area contributed by atoms with Gasteiger partial charge in [-0.15, -0.1) is 11.3 Å². The van der Waals surface area contributed by atoms with Gasteiger partial charge in [0, 0.05) is 5.38 Å². The fourth-order valence-corrected chi connectivity index (χ4v) is 4.23. The monoisotopic (exact) mass is 414 g/mol. The Kier molecular flexibility index (Phi) is 4.65. The van der Waals surface area contributed by atoms with Crippen LogP contribution in [0, 0.1) is 0 Å². The highest BCUT2D eigenvalue weighted by molar-refractivity contribution is 7.13. The van der Waals surface area contributed by atoms with Crippen molar-refractivity contribution in [2.45, 2.75) is 13.0 Å². The molecule has 0 aliphatic rings. The number of para-hydroxylation sites is 2. The van der Waals surface area contributed by atoms with Gasteiger partial charge >= 0.3 is 0 Å². The van der Waals surface area contributed by atoms with E-state index < -0.39 is 0 Å². The Morgan fingerprint density at radius 3 is 2.63 bits per heavy atom. The topological polar surface area (TPSA) is 73.0 Å². The molecule has 0 saturated heterocycles. The second-order valence-electron chi connectivity index (χ2n) is 6.85. The lowest BCUT2D eigenvalue weighted by molar-refractivity contribution is 0.102. The molecule has 0 radical (unpaired) electrons. The summed E-state index contributed by atoms with van der Waals surface area (Å²) in [6.07, 6.45) is 1.59. The molecule has 0 spiro atoms. The molecule has 3 aromatic heterocycles. The third kappa shape index (κ3) is 3.29. The van der Waals surface area contributed by atoms with Gasteiger partial charge in [0.15, 0.2) is 10.8 Å². The number of carbonyl (C=O) groups is 1. The molecule has 1 atom stereocenters. The molecular weight excluding hydrogens is 396 g/mol. The number of fused-ring (bicyclic) bond motifs is 1. The van der Waals surface area contributed by atoms with E-state index in [1.165, 1.54) is 11.3 Å². The first-order valence-corrected chi connectivity index (χ1v) is 10.4. The summed E-state index contributed by atoms with van der Waals surface area (Å²) in [5, 5.41) is 5.34. The lowest BCUT2D eigenvalue weighted by Crippen LogP contribution is -2.18. The first-order valence-electron chi connectivity index (χ1n) is 9.53. The van der Waals surface area contributed by atoms with Crippen LogP contribution in [0.4, 0.5) is 5.95 Å². The molecule has 0 fully saturated rings. The van der Waals surface area contributed by atoms with Gasteiger partial charge in [0.25, 0.3) is 5.91 Å². The van der Waals surface area contributed by atoms with E-state index in [1.54, 1.807) is 17.7 Å². The van der Waals surface area contributed by atoms with Crippen molar-refractivity contribution in [3.05, 3.63) is 89.6 Å². The standard InChI is InChI=1S/C23H18N4O2S/c1-15(16-8-3-2-4-9-16)27-19-11-6-5-10-17(19)25-23(27)26-21(28)18-14-30-22(24-18)20-12-7-13-29-20/h2-15H,1H3,(H,25,26,28). The normalized spacial score (nSPS) is 12.2. The number of nitrogens with one attached hydrogen (secondary N) is 1. The lowest BCUT2D eigenvalue weighted by Gasteiger charge is -2.18. The van der Waals surface area contributed by atoms with Gasteiger partial charge in [0.2, 0.25) is 5.95 Å². The van der Waals surface area contributed by atoms with Crippen molar-refractivity contribution in [1.82, 2.24) is 14.5 Å². The van der Waals surface area contributed by atoms with Crippen molar-refractivity contribution in [2.24, 2.45) is 0 Å². The first-order chi connectivity index (χ1) is 14.7. The van der Waals surface area contributed by atoms with E-state index in [9.17, 15) is 4.79 Å². The highest BCUT2D eigenvalue weighted by Gasteiger charge is 2.21. The number of benzene rings is 2. The minimum absolute atomic E-state index is 0.0111. The van der Waals surface area contributed by atoms with Gasteiger partial charge in [0.05, 0.1) is 23.3 Å². The number of hydrogen-bond donors (Lipinski definition) is 1. The number of rotatable bonds is 5. The van der Waals surface area contributed by atoms with Crippen LogP contribution in [0.15, 0.2) is 82.8 Å². The average Bonchev–Trinajstić information content (AvgIpc) is 3.52. The molecule has 0 saturated carbocycles. The highest BCUT2D eigenvalue weighted by Crippen LogP contribution is 2.29. The minimum atomic E-state index is -0.305. The number of anilines is 1. The molecule has 1 N–H and O–H groups in total. The largest absolute Gasteiger partial charge is 0.462 e. The zero-order chi connectivity index (χ0) is 20.5. The van der Waals surface area contributed by atoms with E-state index >= 15 is 0 Å². The zero-order valence-corrected chi connectivity index (χ0v) is 17.0. The predicted molar refractivity (Wildman–Crippen MR) is 118 cm³/mol. The van der Waals surface area contributed by atoms with Crippen LogP contribution < -0.4 is 5.32 Å². The van der Waals surface area contributed by atoms with Crippen LogP contribution in [0.25, 0.3) is 21.8 Å². The van der Waals surface area contributed by atoms with Crippen LogP contribution in [0.3, 0.4) is 0 Å². The van der Waals surface area contributed by atoms with Crippen LogP contribution in [-0.4, -0.2) is 20.4 Å². The Labute approximate surface area is 176 Å². The van der Waals surface area contributed by atoms with E-state index in [-0.39, 0.29) is 11.9 Å². The second kappa shape index (κ2) is 7.61. The third-order valence-electron chi connectivity index (χ3n) is 4.96. The van der Waals surface area contributed by atoms with Crippen LogP contribution in [-0.2, 0) is 0 Å². The Hall–Kier alpha value is -3.71. The van der Waals surface area contributed by atoms with Crippen molar-refractivity contribution in [2.75, 3.05) is 5.32 Å². The number of amides is 1. The molecule has 0 bridgehead atoms. The predicted octanol–water partition coefficient (Wildman–Crippen LogP) is 5.61. The number of aromatic nitrogens is 3. The Bertz CT molecular complexity index is 1310. The molecule has 0 aliphatic heterocycles. The average molecular weight is 414 g/mol. The summed E-state index contributed by atoms with van der Waals surface area (Å²) in [7, 11) is 0. The summed E-state index contributed by atoms with van der Waals surface area (Å²) in [5.74, 6) is 0.829. The van der Waals surface area contributed by atoms with Gasteiger partial charge in [-0.2, -0.15) is 0 Å². The van der Waals surface area contributed by atoms with Gasteiger partial charge in [-0.1, -0.05) is 42.5 Å². The maximum atomic E-state index is 12.9. The fraction of sp³-hybridized carbons (Fsp3) is 0.0870. The molecule has 7 heteroatoms. The second-order valence-corrected chi connectivity index (χ2v) is 7.71. The van der Waals surface area contributed by atoms with Crippen molar-refractivity contribution in [3.63, 3.8) is 0 Å². The van der Waals surface area contributed by atoms with E-state index in [0.29, 0.717) is 22.4 Å². The van der Waals surface area contributed by atoms with Crippen LogP contribution in [0.2, 0.25) is 0 Å². The van der Waals surface area contributed by atoms with Crippen molar-refractivity contribution < 1.29 is 9.21 Å². The van der Waals surface area contributed by atoms with Crippen LogP contribution >= 0.6 is 11.3 Å². The van der Waals surface area contributed by atoms with Crippen LogP contribution in [0.1, 0.15) is 29.0 Å². The molecule has 1 unspecified atom stereocenters. The van der Waals surface area contributed by atoms with E-state index in [2.05, 4.69) is 34.3 Å². The maximum Gasteiger partial charge on any atom is 0.277 e. The quantitative estimate of drug-likeness (QED) is 0.405. The molecule has 0 aliphatic carbocycles. The molecule has 5 rings (SSSR count). The number of carbonyl (C=O) groups excluding carboxylic acids is 1. The number of thiazole rings is 1. The third-order valence-corrected chi connectivity index (χ3v) is 5.82. The van der Waals surface area contributed by atoms with E-state index in [1.807, 2.05) is 53.1 Å². The summed E-state index contributed by atoms with van der Waals surface area (Å²) in [6, 6.07) is 21.6. The van der Waals surface area contributed by atoms with Crippen LogP contribution in [0.5, 0.6) is 0 Å². The number of nitrogens with zero attached hydrogens (tertiary/aromatic N) is 3. The van der Waals surface area contributed by atoms with Gasteiger partial charge in [0.1, 0.15) is 5.69 Å². The van der Waals surface area contributed by atoms with Crippen molar-refractivity contribution in [1.29, 1.82) is 0 Å². The van der Waals surface area contributed by atoms with Gasteiger partial charge in [-0.25, -0.2) is 9.97 Å². The smallest absolute Gasteiger partial charge is 0.277 e. The molecular formula is C23H18N4O2S. The zero-order valence-electron chi connectivity index (χ0n) is 16.1. The molecule has 30 heavy (non-hydrogen) atoms. The maximum absolute atomic E-state index is 12.9. The number of hydrogen-bond acceptors (Lipinski definition) is 5.